The highest BCUT2D eigenvalue weighted by Gasteiger charge is 2.22. The molecule has 1 aromatic rings. The fraction of sp³-hybridized carbons (Fsp3) is 0.579. The van der Waals surface area contributed by atoms with Gasteiger partial charge in [-0.3, -0.25) is 9.59 Å². The molecule has 4 N–H and O–H groups in total. The summed E-state index contributed by atoms with van der Waals surface area (Å²) >= 11 is 0. The van der Waals surface area contributed by atoms with E-state index >= 15 is 0 Å². The third-order valence-corrected chi connectivity index (χ3v) is 4.57. The largest absolute Gasteiger partial charge is 0.371 e. The molecule has 0 aliphatic carbocycles. The van der Waals surface area contributed by atoms with Crippen LogP contribution in [0.4, 0.5) is 11.4 Å². The lowest BCUT2D eigenvalue weighted by atomic mass is 10.1. The predicted octanol–water partition coefficient (Wildman–Crippen LogP) is 3.09. The molecule has 1 aliphatic rings. The van der Waals surface area contributed by atoms with Crippen molar-refractivity contribution in [3.8, 4) is 0 Å². The summed E-state index contributed by atoms with van der Waals surface area (Å²) in [6.07, 6.45) is 4.34. The molecule has 1 unspecified atom stereocenters. The molecule has 1 saturated heterocycles. The molecule has 0 radical (unpaired) electrons. The lowest BCUT2D eigenvalue weighted by Gasteiger charge is -2.21. The van der Waals surface area contributed by atoms with Crippen molar-refractivity contribution < 1.29 is 9.59 Å². The fourth-order valence-corrected chi connectivity index (χ4v) is 3.01. The SMILES string of the molecule is CCCC(NC(=O)[C@@H](N)CC)C(=O)Nc1cccc(N2CCCC2)c1.Cl.Cl. The van der Waals surface area contributed by atoms with Crippen LogP contribution in [0, 0.1) is 0 Å². The highest BCUT2D eigenvalue weighted by atomic mass is 35.5. The quantitative estimate of drug-likeness (QED) is 0.604. The lowest BCUT2D eigenvalue weighted by molar-refractivity contribution is -0.127. The third-order valence-electron chi connectivity index (χ3n) is 4.57. The number of carbonyl (C=O) groups excluding carboxylic acids is 2. The smallest absolute Gasteiger partial charge is 0.246 e. The Bertz CT molecular complexity index is 595. The van der Waals surface area contributed by atoms with Crippen molar-refractivity contribution in [1.29, 1.82) is 0 Å². The Hall–Kier alpha value is -1.50. The molecule has 1 aliphatic heterocycles. The second kappa shape index (κ2) is 12.8. The van der Waals surface area contributed by atoms with Crippen molar-refractivity contribution in [1.82, 2.24) is 5.32 Å². The van der Waals surface area contributed by atoms with Gasteiger partial charge in [0.05, 0.1) is 6.04 Å². The van der Waals surface area contributed by atoms with Gasteiger partial charge in [0, 0.05) is 24.5 Å². The van der Waals surface area contributed by atoms with Gasteiger partial charge in [-0.1, -0.05) is 26.3 Å². The van der Waals surface area contributed by atoms with E-state index in [2.05, 4.69) is 21.6 Å². The molecule has 1 heterocycles. The van der Waals surface area contributed by atoms with Crippen LogP contribution in [0.15, 0.2) is 24.3 Å². The van der Waals surface area contributed by atoms with E-state index in [0.29, 0.717) is 12.8 Å². The molecule has 2 amide bonds. The number of rotatable bonds is 8. The zero-order valence-corrected chi connectivity index (χ0v) is 17.7. The van der Waals surface area contributed by atoms with Crippen molar-refractivity contribution in [2.24, 2.45) is 5.73 Å². The average Bonchev–Trinajstić information content (AvgIpc) is 3.15. The van der Waals surface area contributed by atoms with Gasteiger partial charge in [0.25, 0.3) is 0 Å². The molecule has 1 aromatic carbocycles. The Morgan fingerprint density at radius 3 is 2.41 bits per heavy atom. The van der Waals surface area contributed by atoms with E-state index in [1.54, 1.807) is 0 Å². The van der Waals surface area contributed by atoms with Crippen LogP contribution in [0.3, 0.4) is 0 Å². The summed E-state index contributed by atoms with van der Waals surface area (Å²) in [5, 5.41) is 5.70. The van der Waals surface area contributed by atoms with E-state index in [0.717, 1.165) is 30.9 Å². The number of carbonyl (C=O) groups is 2. The minimum Gasteiger partial charge on any atom is -0.371 e. The fourth-order valence-electron chi connectivity index (χ4n) is 3.01. The van der Waals surface area contributed by atoms with Crippen molar-refractivity contribution in [2.45, 2.75) is 58.0 Å². The van der Waals surface area contributed by atoms with E-state index in [1.165, 1.54) is 12.8 Å². The van der Waals surface area contributed by atoms with Gasteiger partial charge in [0.15, 0.2) is 0 Å². The van der Waals surface area contributed by atoms with Gasteiger partial charge in [-0.05, 0) is 43.9 Å². The Kier molecular flexibility index (Phi) is 12.1. The van der Waals surface area contributed by atoms with Crippen LogP contribution in [0.1, 0.15) is 46.0 Å². The zero-order chi connectivity index (χ0) is 18.2. The first kappa shape index (κ1) is 25.5. The number of anilines is 2. The first-order valence-electron chi connectivity index (χ1n) is 9.27. The number of nitrogens with one attached hydrogen (secondary N) is 2. The number of hydrogen-bond acceptors (Lipinski definition) is 4. The summed E-state index contributed by atoms with van der Waals surface area (Å²) in [7, 11) is 0. The number of halogens is 2. The molecule has 0 saturated carbocycles. The normalized spacial score (nSPS) is 15.1. The molecule has 0 aromatic heterocycles. The summed E-state index contributed by atoms with van der Waals surface area (Å²) in [5.74, 6) is -0.473. The van der Waals surface area contributed by atoms with Gasteiger partial charge in [-0.2, -0.15) is 0 Å². The van der Waals surface area contributed by atoms with Crippen LogP contribution < -0.4 is 21.3 Å². The van der Waals surface area contributed by atoms with Gasteiger partial charge < -0.3 is 21.3 Å². The molecule has 27 heavy (non-hydrogen) atoms. The Balaban J connectivity index is 0.00000338. The molecule has 0 bridgehead atoms. The molecule has 6 nitrogen and oxygen atoms in total. The van der Waals surface area contributed by atoms with E-state index in [1.807, 2.05) is 32.0 Å². The van der Waals surface area contributed by atoms with E-state index in [-0.39, 0.29) is 36.6 Å². The Morgan fingerprint density at radius 1 is 1.15 bits per heavy atom. The number of amides is 2. The maximum atomic E-state index is 12.6. The molecular formula is C19H32Cl2N4O2. The zero-order valence-electron chi connectivity index (χ0n) is 16.1. The summed E-state index contributed by atoms with van der Waals surface area (Å²) in [5.41, 5.74) is 7.63. The summed E-state index contributed by atoms with van der Waals surface area (Å²) in [4.78, 5) is 26.9. The van der Waals surface area contributed by atoms with Crippen LogP contribution in [-0.2, 0) is 9.59 Å². The number of hydrogen-bond donors (Lipinski definition) is 3. The summed E-state index contributed by atoms with van der Waals surface area (Å²) in [6.45, 7) is 5.95. The second-order valence-electron chi connectivity index (χ2n) is 6.60. The third kappa shape index (κ3) is 7.56. The van der Waals surface area contributed by atoms with Crippen LogP contribution in [0.2, 0.25) is 0 Å². The van der Waals surface area contributed by atoms with E-state index in [9.17, 15) is 9.59 Å². The molecule has 154 valence electrons. The van der Waals surface area contributed by atoms with Crippen molar-refractivity contribution in [3.05, 3.63) is 24.3 Å². The van der Waals surface area contributed by atoms with Gasteiger partial charge in [-0.25, -0.2) is 0 Å². The first-order chi connectivity index (χ1) is 12.0. The number of nitrogens with two attached hydrogens (primary N) is 1. The van der Waals surface area contributed by atoms with Gasteiger partial charge in [-0.15, -0.1) is 24.8 Å². The van der Waals surface area contributed by atoms with E-state index in [4.69, 9.17) is 5.73 Å². The molecule has 2 rings (SSSR count). The number of benzene rings is 1. The highest BCUT2D eigenvalue weighted by molar-refractivity contribution is 5.98. The molecule has 8 heteroatoms. The number of nitrogens with zero attached hydrogens (tertiary/aromatic N) is 1. The standard InChI is InChI=1S/C19H30N4O2.2ClH/c1-3-8-17(22-18(24)16(20)4-2)19(25)21-14-9-7-10-15(13-14)23-11-5-6-12-23;;/h7,9-10,13,16-17H,3-6,8,11-12,20H2,1-2H3,(H,21,25)(H,22,24);2*1H/t16-,17?;;/m0../s1. The van der Waals surface area contributed by atoms with Crippen molar-refractivity contribution >= 4 is 48.0 Å². The van der Waals surface area contributed by atoms with Gasteiger partial charge >= 0.3 is 0 Å². The first-order valence-corrected chi connectivity index (χ1v) is 9.27. The van der Waals surface area contributed by atoms with Crippen molar-refractivity contribution in [2.75, 3.05) is 23.3 Å². The predicted molar refractivity (Wildman–Crippen MR) is 116 cm³/mol. The highest BCUT2D eigenvalue weighted by Crippen LogP contribution is 2.23. The topological polar surface area (TPSA) is 87.5 Å². The monoisotopic (exact) mass is 418 g/mol. The average molecular weight is 419 g/mol. The van der Waals surface area contributed by atoms with E-state index < -0.39 is 12.1 Å². The van der Waals surface area contributed by atoms with Crippen LogP contribution in [0.5, 0.6) is 0 Å². The van der Waals surface area contributed by atoms with Crippen LogP contribution >= 0.6 is 24.8 Å². The minimum atomic E-state index is -0.578. The lowest BCUT2D eigenvalue weighted by Crippen LogP contribution is -2.49. The Morgan fingerprint density at radius 2 is 1.81 bits per heavy atom. The molecular weight excluding hydrogens is 387 g/mol. The molecule has 1 fully saturated rings. The minimum absolute atomic E-state index is 0. The maximum Gasteiger partial charge on any atom is 0.246 e. The Labute approximate surface area is 174 Å². The molecule has 0 spiro atoms. The van der Waals surface area contributed by atoms with Crippen molar-refractivity contribution in [3.63, 3.8) is 0 Å². The van der Waals surface area contributed by atoms with Gasteiger partial charge in [0.2, 0.25) is 11.8 Å². The second-order valence-corrected chi connectivity index (χ2v) is 6.60. The van der Waals surface area contributed by atoms with Crippen LogP contribution in [-0.4, -0.2) is 37.0 Å². The maximum absolute atomic E-state index is 12.6. The summed E-state index contributed by atoms with van der Waals surface area (Å²) < 4.78 is 0. The summed E-state index contributed by atoms with van der Waals surface area (Å²) in [6, 6.07) is 6.73. The van der Waals surface area contributed by atoms with Crippen LogP contribution in [0.25, 0.3) is 0 Å². The van der Waals surface area contributed by atoms with Gasteiger partial charge in [0.1, 0.15) is 6.04 Å². The molecule has 2 atom stereocenters.